The predicted octanol–water partition coefficient (Wildman–Crippen LogP) is 3.57. The Balaban J connectivity index is 3.02. The molecule has 15 heavy (non-hydrogen) atoms. The molecule has 1 rings (SSSR count). The van der Waals surface area contributed by atoms with Gasteiger partial charge in [0, 0.05) is 16.6 Å². The number of benzene rings is 1. The Morgan fingerprint density at radius 1 is 1.60 bits per heavy atom. The highest BCUT2D eigenvalue weighted by molar-refractivity contribution is 9.10. The minimum atomic E-state index is -0.378. The van der Waals surface area contributed by atoms with E-state index in [1.165, 1.54) is 6.07 Å². The Labute approximate surface area is 97.0 Å². The van der Waals surface area contributed by atoms with Crippen LogP contribution >= 0.6 is 15.9 Å². The number of nitrogens with zero attached hydrogens (tertiary/aromatic N) is 1. The van der Waals surface area contributed by atoms with E-state index >= 15 is 0 Å². The monoisotopic (exact) mass is 272 g/mol. The van der Waals surface area contributed by atoms with Crippen molar-refractivity contribution in [3.05, 3.63) is 32.8 Å². The Kier molecular flexibility index (Phi) is 4.08. The molecular weight excluding hydrogens is 260 g/mol. The normalized spacial score (nSPS) is 12.2. The molecule has 0 saturated heterocycles. The highest BCUT2D eigenvalue weighted by atomic mass is 79.9. The highest BCUT2D eigenvalue weighted by Gasteiger charge is 2.14. The maximum Gasteiger partial charge on any atom is 0.292 e. The quantitative estimate of drug-likeness (QED) is 0.674. The van der Waals surface area contributed by atoms with E-state index in [1.54, 1.807) is 12.1 Å². The first kappa shape index (κ1) is 12.0. The molecule has 1 aromatic rings. The van der Waals surface area contributed by atoms with Gasteiger partial charge < -0.3 is 5.32 Å². The van der Waals surface area contributed by atoms with Crippen LogP contribution < -0.4 is 5.32 Å². The van der Waals surface area contributed by atoms with Gasteiger partial charge in [-0.25, -0.2) is 0 Å². The van der Waals surface area contributed by atoms with E-state index in [-0.39, 0.29) is 16.7 Å². The molecule has 0 spiro atoms. The summed E-state index contributed by atoms with van der Waals surface area (Å²) >= 11 is 3.29. The van der Waals surface area contributed by atoms with E-state index in [0.717, 1.165) is 10.9 Å². The van der Waals surface area contributed by atoms with Gasteiger partial charge in [-0.1, -0.05) is 22.9 Å². The second-order valence-electron chi connectivity index (χ2n) is 3.37. The van der Waals surface area contributed by atoms with E-state index in [1.807, 2.05) is 13.8 Å². The third kappa shape index (κ3) is 3.20. The number of nitro benzene ring substituents is 1. The van der Waals surface area contributed by atoms with Gasteiger partial charge in [0.15, 0.2) is 0 Å². The number of halogens is 1. The van der Waals surface area contributed by atoms with Crippen molar-refractivity contribution in [2.45, 2.75) is 26.3 Å². The lowest BCUT2D eigenvalue weighted by atomic mass is 10.2. The molecule has 0 aliphatic heterocycles. The first-order valence-electron chi connectivity index (χ1n) is 4.75. The standard InChI is InChI=1S/C10H13BrN2O2/c1-3-7(2)12-9-6-8(11)4-5-10(9)13(14)15/h4-7,12H,3H2,1-2H3. The molecule has 0 aliphatic carbocycles. The number of hydrogen-bond acceptors (Lipinski definition) is 3. The Hall–Kier alpha value is -1.10. The number of nitrogens with one attached hydrogen (secondary N) is 1. The summed E-state index contributed by atoms with van der Waals surface area (Å²) in [6, 6.07) is 5.11. The molecular formula is C10H13BrN2O2. The summed E-state index contributed by atoms with van der Waals surface area (Å²) in [5, 5.41) is 13.9. The summed E-state index contributed by atoms with van der Waals surface area (Å²) in [5.74, 6) is 0. The summed E-state index contributed by atoms with van der Waals surface area (Å²) in [5.41, 5.74) is 0.669. The SMILES string of the molecule is CCC(C)Nc1cc(Br)ccc1[N+](=O)[O-]. The van der Waals surface area contributed by atoms with Gasteiger partial charge in [0.25, 0.3) is 5.69 Å². The van der Waals surface area contributed by atoms with Crippen molar-refractivity contribution >= 4 is 27.3 Å². The van der Waals surface area contributed by atoms with Crippen LogP contribution in [0.3, 0.4) is 0 Å². The zero-order chi connectivity index (χ0) is 11.4. The van der Waals surface area contributed by atoms with Crippen LogP contribution in [0.5, 0.6) is 0 Å². The van der Waals surface area contributed by atoms with E-state index in [4.69, 9.17) is 0 Å². The van der Waals surface area contributed by atoms with Gasteiger partial charge in [0.05, 0.1) is 4.92 Å². The number of rotatable bonds is 4. The van der Waals surface area contributed by atoms with Gasteiger partial charge in [-0.05, 0) is 25.5 Å². The van der Waals surface area contributed by atoms with Gasteiger partial charge in [-0.2, -0.15) is 0 Å². The van der Waals surface area contributed by atoms with Gasteiger partial charge in [0.2, 0.25) is 0 Å². The van der Waals surface area contributed by atoms with E-state index < -0.39 is 0 Å². The fraction of sp³-hybridized carbons (Fsp3) is 0.400. The highest BCUT2D eigenvalue weighted by Crippen LogP contribution is 2.28. The van der Waals surface area contributed by atoms with Crippen molar-refractivity contribution in [2.24, 2.45) is 0 Å². The zero-order valence-electron chi connectivity index (χ0n) is 8.66. The summed E-state index contributed by atoms with van der Waals surface area (Å²) in [7, 11) is 0. The molecule has 0 saturated carbocycles. The Morgan fingerprint density at radius 2 is 2.27 bits per heavy atom. The predicted molar refractivity (Wildman–Crippen MR) is 64.2 cm³/mol. The van der Waals surface area contributed by atoms with Crippen LogP contribution in [0.4, 0.5) is 11.4 Å². The molecule has 0 heterocycles. The molecule has 1 N–H and O–H groups in total. The van der Waals surface area contributed by atoms with Gasteiger partial charge in [-0.3, -0.25) is 10.1 Å². The number of anilines is 1. The molecule has 0 bridgehead atoms. The van der Waals surface area contributed by atoms with Crippen LogP contribution in [0.2, 0.25) is 0 Å². The second kappa shape index (κ2) is 5.11. The molecule has 4 nitrogen and oxygen atoms in total. The van der Waals surface area contributed by atoms with E-state index in [9.17, 15) is 10.1 Å². The maximum atomic E-state index is 10.8. The Morgan fingerprint density at radius 3 is 2.80 bits per heavy atom. The van der Waals surface area contributed by atoms with Crippen molar-refractivity contribution in [1.82, 2.24) is 0 Å². The average Bonchev–Trinajstić information content (AvgIpc) is 2.17. The van der Waals surface area contributed by atoms with Crippen molar-refractivity contribution in [2.75, 3.05) is 5.32 Å². The largest absolute Gasteiger partial charge is 0.377 e. The minimum absolute atomic E-state index is 0.110. The second-order valence-corrected chi connectivity index (χ2v) is 4.29. The molecule has 0 fully saturated rings. The van der Waals surface area contributed by atoms with Crippen LogP contribution in [0.25, 0.3) is 0 Å². The summed E-state index contributed by atoms with van der Waals surface area (Å²) in [6.07, 6.45) is 0.920. The van der Waals surface area contributed by atoms with Crippen molar-refractivity contribution in [3.8, 4) is 0 Å². The lowest BCUT2D eigenvalue weighted by molar-refractivity contribution is -0.384. The first-order valence-corrected chi connectivity index (χ1v) is 5.54. The van der Waals surface area contributed by atoms with Gasteiger partial charge in [0.1, 0.15) is 5.69 Å². The molecule has 0 amide bonds. The van der Waals surface area contributed by atoms with E-state index in [2.05, 4.69) is 21.2 Å². The van der Waals surface area contributed by atoms with E-state index in [0.29, 0.717) is 5.69 Å². The third-order valence-corrected chi connectivity index (χ3v) is 2.66. The average molecular weight is 273 g/mol. The molecule has 0 aliphatic rings. The fourth-order valence-corrected chi connectivity index (χ4v) is 1.51. The van der Waals surface area contributed by atoms with Crippen LogP contribution in [0, 0.1) is 10.1 Å². The molecule has 1 atom stereocenters. The molecule has 1 aromatic carbocycles. The van der Waals surface area contributed by atoms with Crippen LogP contribution in [0.15, 0.2) is 22.7 Å². The first-order chi connectivity index (χ1) is 7.04. The van der Waals surface area contributed by atoms with Crippen LogP contribution in [-0.2, 0) is 0 Å². The molecule has 82 valence electrons. The molecule has 0 aromatic heterocycles. The smallest absolute Gasteiger partial charge is 0.292 e. The molecule has 0 radical (unpaired) electrons. The maximum absolute atomic E-state index is 10.8. The van der Waals surface area contributed by atoms with Crippen LogP contribution in [-0.4, -0.2) is 11.0 Å². The summed E-state index contributed by atoms with van der Waals surface area (Å²) in [6.45, 7) is 4.02. The Bertz CT molecular complexity index is 368. The molecule has 5 heteroatoms. The lowest BCUT2D eigenvalue weighted by Crippen LogP contribution is -2.14. The fourth-order valence-electron chi connectivity index (χ4n) is 1.15. The zero-order valence-corrected chi connectivity index (χ0v) is 10.2. The minimum Gasteiger partial charge on any atom is -0.377 e. The summed E-state index contributed by atoms with van der Waals surface area (Å²) < 4.78 is 0.832. The molecule has 1 unspecified atom stereocenters. The third-order valence-electron chi connectivity index (χ3n) is 2.17. The lowest BCUT2D eigenvalue weighted by Gasteiger charge is -2.13. The van der Waals surface area contributed by atoms with Gasteiger partial charge in [-0.15, -0.1) is 0 Å². The van der Waals surface area contributed by atoms with Crippen molar-refractivity contribution in [3.63, 3.8) is 0 Å². The number of nitro groups is 1. The van der Waals surface area contributed by atoms with Crippen LogP contribution in [0.1, 0.15) is 20.3 Å². The topological polar surface area (TPSA) is 55.2 Å². The number of hydrogen-bond donors (Lipinski definition) is 1. The van der Waals surface area contributed by atoms with Crippen molar-refractivity contribution < 1.29 is 4.92 Å². The van der Waals surface area contributed by atoms with Crippen molar-refractivity contribution in [1.29, 1.82) is 0 Å². The summed E-state index contributed by atoms with van der Waals surface area (Å²) in [4.78, 5) is 10.4. The van der Waals surface area contributed by atoms with Gasteiger partial charge >= 0.3 is 0 Å².